The summed E-state index contributed by atoms with van der Waals surface area (Å²) in [5.41, 5.74) is 0.629. The molecule has 0 fully saturated rings. The van der Waals surface area contributed by atoms with Crippen LogP contribution in [-0.2, 0) is 9.53 Å². The van der Waals surface area contributed by atoms with Crippen LogP contribution >= 0.6 is 11.6 Å². The van der Waals surface area contributed by atoms with E-state index in [9.17, 15) is 14.4 Å². The van der Waals surface area contributed by atoms with Crippen molar-refractivity contribution in [3.8, 4) is 6.07 Å². The molecule has 1 heterocycles. The zero-order valence-corrected chi connectivity index (χ0v) is 14.4. The number of nitrogens with one attached hydrogen (secondary N) is 1. The molecule has 0 bridgehead atoms. The molecule has 1 amide bonds. The fourth-order valence-electron chi connectivity index (χ4n) is 2.26. The molecule has 0 aliphatic heterocycles. The van der Waals surface area contributed by atoms with Gasteiger partial charge in [-0.1, -0.05) is 11.6 Å². The van der Waals surface area contributed by atoms with E-state index in [1.165, 1.54) is 30.3 Å². The van der Waals surface area contributed by atoms with Crippen LogP contribution in [0.15, 0.2) is 57.7 Å². The first-order valence-corrected chi connectivity index (χ1v) is 8.04. The Kier molecular flexibility index (Phi) is 5.20. The van der Waals surface area contributed by atoms with Gasteiger partial charge in [0.05, 0.1) is 17.0 Å². The van der Waals surface area contributed by atoms with Gasteiger partial charge in [0.25, 0.3) is 5.91 Å². The first-order valence-electron chi connectivity index (χ1n) is 7.67. The smallest absolute Gasteiger partial charge is 0.374 e. The van der Waals surface area contributed by atoms with E-state index in [4.69, 9.17) is 26.0 Å². The molecule has 0 spiro atoms. The molecule has 0 atom stereocenters. The molecule has 1 aromatic heterocycles. The number of halogens is 1. The van der Waals surface area contributed by atoms with Gasteiger partial charge >= 0.3 is 5.97 Å². The Morgan fingerprint density at radius 3 is 2.59 bits per heavy atom. The first kappa shape index (κ1) is 18.2. The number of rotatable bonds is 4. The van der Waals surface area contributed by atoms with Gasteiger partial charge in [0.1, 0.15) is 5.58 Å². The lowest BCUT2D eigenvalue weighted by Gasteiger charge is -2.07. The number of hydrogen-bond donors (Lipinski definition) is 1. The number of ether oxygens (including phenoxy) is 1. The van der Waals surface area contributed by atoms with Gasteiger partial charge in [-0.2, -0.15) is 5.26 Å². The molecule has 2 aromatic carbocycles. The summed E-state index contributed by atoms with van der Waals surface area (Å²) in [7, 11) is 0. The highest BCUT2D eigenvalue weighted by Gasteiger charge is 2.16. The van der Waals surface area contributed by atoms with Crippen LogP contribution in [0.1, 0.15) is 16.1 Å². The third-order valence-corrected chi connectivity index (χ3v) is 3.76. The molecule has 0 unspecified atom stereocenters. The van der Waals surface area contributed by atoms with Gasteiger partial charge in [0, 0.05) is 16.8 Å². The zero-order chi connectivity index (χ0) is 19.4. The molecular weight excluding hydrogens is 372 g/mol. The number of nitriles is 1. The van der Waals surface area contributed by atoms with Gasteiger partial charge in [0.15, 0.2) is 12.0 Å². The summed E-state index contributed by atoms with van der Waals surface area (Å²) in [6.45, 7) is -0.568. The fraction of sp³-hybridized carbons (Fsp3) is 0.0526. The van der Waals surface area contributed by atoms with E-state index in [0.717, 1.165) is 6.07 Å². The van der Waals surface area contributed by atoms with Gasteiger partial charge in [-0.25, -0.2) is 4.79 Å². The van der Waals surface area contributed by atoms with E-state index < -0.39 is 23.9 Å². The second kappa shape index (κ2) is 7.72. The van der Waals surface area contributed by atoms with E-state index in [1.807, 2.05) is 6.07 Å². The molecule has 0 aliphatic rings. The summed E-state index contributed by atoms with van der Waals surface area (Å²) in [4.78, 5) is 36.0. The maximum atomic E-state index is 12.1. The second-order valence-corrected chi connectivity index (χ2v) is 5.87. The lowest BCUT2D eigenvalue weighted by Crippen LogP contribution is -2.21. The zero-order valence-electron chi connectivity index (χ0n) is 13.7. The van der Waals surface area contributed by atoms with Gasteiger partial charge in [0.2, 0.25) is 5.76 Å². The molecule has 134 valence electrons. The molecule has 3 rings (SSSR count). The number of nitrogens with zero attached hydrogens (tertiary/aromatic N) is 1. The van der Waals surface area contributed by atoms with Crippen molar-refractivity contribution >= 4 is 40.1 Å². The number of esters is 1. The average Bonchev–Trinajstić information content (AvgIpc) is 2.67. The van der Waals surface area contributed by atoms with E-state index in [2.05, 4.69) is 5.32 Å². The van der Waals surface area contributed by atoms with Crippen LogP contribution in [0.4, 0.5) is 5.69 Å². The maximum absolute atomic E-state index is 12.1. The third kappa shape index (κ3) is 4.32. The Hall–Kier alpha value is -3.63. The predicted molar refractivity (Wildman–Crippen MR) is 97.6 cm³/mol. The molecule has 0 saturated carbocycles. The van der Waals surface area contributed by atoms with Crippen molar-refractivity contribution in [3.05, 3.63) is 75.1 Å². The molecule has 0 radical (unpaired) electrons. The highest BCUT2D eigenvalue weighted by Crippen LogP contribution is 2.18. The minimum atomic E-state index is -0.945. The first-order chi connectivity index (χ1) is 13.0. The van der Waals surface area contributed by atoms with Crippen LogP contribution in [-0.4, -0.2) is 18.5 Å². The molecule has 7 nitrogen and oxygen atoms in total. The van der Waals surface area contributed by atoms with Gasteiger partial charge in [-0.3, -0.25) is 9.59 Å². The highest BCUT2D eigenvalue weighted by molar-refractivity contribution is 6.31. The van der Waals surface area contributed by atoms with Gasteiger partial charge in [-0.15, -0.1) is 0 Å². The van der Waals surface area contributed by atoms with Crippen LogP contribution < -0.4 is 10.7 Å². The van der Waals surface area contributed by atoms with E-state index in [-0.39, 0.29) is 16.7 Å². The van der Waals surface area contributed by atoms with Crippen LogP contribution in [0, 0.1) is 11.3 Å². The molecular formula is C19H11ClN2O5. The number of hydrogen-bond acceptors (Lipinski definition) is 6. The fourth-order valence-corrected chi connectivity index (χ4v) is 2.43. The Labute approximate surface area is 157 Å². The summed E-state index contributed by atoms with van der Waals surface area (Å²) in [6, 6.07) is 13.5. The van der Waals surface area contributed by atoms with Crippen LogP contribution in [0.2, 0.25) is 5.02 Å². The molecule has 1 N–H and O–H groups in total. The standard InChI is InChI=1S/C19H11ClN2O5/c20-12-3-6-16-14(7-12)15(23)8-17(27-16)19(25)26-10-18(24)22-13-4-1-11(9-21)2-5-13/h1-8H,10H2,(H,22,24). The maximum Gasteiger partial charge on any atom is 0.374 e. The van der Waals surface area contributed by atoms with Crippen LogP contribution in [0.5, 0.6) is 0 Å². The summed E-state index contributed by atoms with van der Waals surface area (Å²) < 4.78 is 10.2. The molecule has 8 heteroatoms. The number of benzene rings is 2. The summed E-state index contributed by atoms with van der Waals surface area (Å²) in [5, 5.41) is 11.8. The normalized spacial score (nSPS) is 10.2. The van der Waals surface area contributed by atoms with Crippen molar-refractivity contribution < 1.29 is 18.7 Å². The highest BCUT2D eigenvalue weighted by atomic mass is 35.5. The van der Waals surface area contributed by atoms with E-state index >= 15 is 0 Å². The number of carbonyl (C=O) groups is 2. The average molecular weight is 383 g/mol. The van der Waals surface area contributed by atoms with Crippen molar-refractivity contribution in [2.24, 2.45) is 0 Å². The van der Waals surface area contributed by atoms with Gasteiger partial charge in [-0.05, 0) is 42.5 Å². The van der Waals surface area contributed by atoms with E-state index in [1.54, 1.807) is 12.1 Å². The van der Waals surface area contributed by atoms with Gasteiger partial charge < -0.3 is 14.5 Å². The second-order valence-electron chi connectivity index (χ2n) is 5.43. The van der Waals surface area contributed by atoms with Crippen LogP contribution in [0.3, 0.4) is 0 Å². The number of fused-ring (bicyclic) bond motifs is 1. The van der Waals surface area contributed by atoms with Crippen molar-refractivity contribution in [2.45, 2.75) is 0 Å². The lowest BCUT2D eigenvalue weighted by atomic mass is 10.2. The Morgan fingerprint density at radius 1 is 1.15 bits per heavy atom. The largest absolute Gasteiger partial charge is 0.450 e. The lowest BCUT2D eigenvalue weighted by molar-refractivity contribution is -0.119. The minimum absolute atomic E-state index is 0.181. The SMILES string of the molecule is N#Cc1ccc(NC(=O)COC(=O)c2cc(=O)c3cc(Cl)ccc3o2)cc1. The topological polar surface area (TPSA) is 109 Å². The molecule has 0 saturated heterocycles. The number of anilines is 1. The monoisotopic (exact) mass is 382 g/mol. The summed E-state index contributed by atoms with van der Waals surface area (Å²) >= 11 is 5.83. The van der Waals surface area contributed by atoms with Crippen LogP contribution in [0.25, 0.3) is 11.0 Å². The third-order valence-electron chi connectivity index (χ3n) is 3.52. The Morgan fingerprint density at radius 2 is 1.89 bits per heavy atom. The van der Waals surface area contributed by atoms with Crippen molar-refractivity contribution in [3.63, 3.8) is 0 Å². The van der Waals surface area contributed by atoms with Crippen molar-refractivity contribution in [1.29, 1.82) is 5.26 Å². The number of amides is 1. The molecule has 27 heavy (non-hydrogen) atoms. The summed E-state index contributed by atoms with van der Waals surface area (Å²) in [5.74, 6) is -1.84. The van der Waals surface area contributed by atoms with Crippen molar-refractivity contribution in [2.75, 3.05) is 11.9 Å². The molecule has 3 aromatic rings. The Bertz CT molecular complexity index is 1130. The predicted octanol–water partition coefficient (Wildman–Crippen LogP) is 3.11. The number of carbonyl (C=O) groups excluding carboxylic acids is 2. The molecule has 0 aliphatic carbocycles. The summed E-state index contributed by atoms with van der Waals surface area (Å²) in [6.07, 6.45) is 0. The van der Waals surface area contributed by atoms with Crippen molar-refractivity contribution in [1.82, 2.24) is 0 Å². The quantitative estimate of drug-likeness (QED) is 0.694. The minimum Gasteiger partial charge on any atom is -0.450 e. The Balaban J connectivity index is 1.65. The van der Waals surface area contributed by atoms with E-state index in [0.29, 0.717) is 16.3 Å².